The third-order valence-electron chi connectivity index (χ3n) is 4.63. The monoisotopic (exact) mass is 396 g/mol. The summed E-state index contributed by atoms with van der Waals surface area (Å²) in [6, 6.07) is 20.8. The van der Waals surface area contributed by atoms with Gasteiger partial charge in [0.25, 0.3) is 0 Å². The Bertz CT molecular complexity index is 702. The van der Waals surface area contributed by atoms with E-state index in [-0.39, 0.29) is 0 Å². The number of nitrogens with zero attached hydrogens (tertiary/aromatic N) is 2. The topological polar surface area (TPSA) is 48.9 Å². The smallest absolute Gasteiger partial charge is 0.186 e. The highest BCUT2D eigenvalue weighted by Gasteiger charge is 2.09. The predicted octanol–water partition coefficient (Wildman–Crippen LogP) is 2.62. The Balaban J connectivity index is 1.52. The van der Waals surface area contributed by atoms with Gasteiger partial charge < -0.3 is 10.1 Å². The number of thiocarbonyl (C=S) groups is 1. The van der Waals surface area contributed by atoms with Crippen LogP contribution in [-0.4, -0.2) is 55.1 Å². The molecule has 1 aliphatic heterocycles. The first-order chi connectivity index (χ1) is 13.8. The molecule has 0 aliphatic carbocycles. The van der Waals surface area contributed by atoms with Crippen LogP contribution in [0.4, 0.5) is 0 Å². The maximum Gasteiger partial charge on any atom is 0.186 e. The van der Waals surface area contributed by atoms with E-state index in [1.54, 1.807) is 0 Å². The molecule has 2 aromatic carbocycles. The van der Waals surface area contributed by atoms with Crippen molar-refractivity contribution in [3.63, 3.8) is 0 Å². The van der Waals surface area contributed by atoms with E-state index in [4.69, 9.17) is 17.0 Å². The van der Waals surface area contributed by atoms with Crippen molar-refractivity contribution in [1.29, 1.82) is 0 Å². The molecule has 0 radical (unpaired) electrons. The molecule has 148 valence electrons. The fourth-order valence-electron chi connectivity index (χ4n) is 3.13. The summed E-state index contributed by atoms with van der Waals surface area (Å²) in [6.45, 7) is 5.35. The summed E-state index contributed by atoms with van der Waals surface area (Å²) in [6.07, 6.45) is 1.58. The van der Waals surface area contributed by atoms with Crippen molar-refractivity contribution < 1.29 is 4.74 Å². The number of hydrazone groups is 1. The minimum absolute atomic E-state index is 0.562. The van der Waals surface area contributed by atoms with Gasteiger partial charge in [-0.2, -0.15) is 5.10 Å². The van der Waals surface area contributed by atoms with Gasteiger partial charge in [-0.1, -0.05) is 60.7 Å². The zero-order valence-corrected chi connectivity index (χ0v) is 17.0. The van der Waals surface area contributed by atoms with E-state index >= 15 is 0 Å². The fraction of sp³-hybridized carbons (Fsp3) is 0.364. The molecule has 0 spiro atoms. The number of nitrogens with one attached hydrogen (secondary N) is 2. The van der Waals surface area contributed by atoms with Gasteiger partial charge in [-0.15, -0.1) is 0 Å². The first-order valence-electron chi connectivity index (χ1n) is 9.77. The second kappa shape index (κ2) is 11.5. The second-order valence-corrected chi connectivity index (χ2v) is 7.23. The highest BCUT2D eigenvalue weighted by atomic mass is 32.1. The standard InChI is InChI=1S/C22H28N4OS/c28-22(23-11-12-26-13-15-27-16-14-26)25-24-21(17-19-7-3-1-4-8-19)18-20-9-5-2-6-10-20/h1-10H,11-18H2,(H2,23,25,28). The summed E-state index contributed by atoms with van der Waals surface area (Å²) in [5.74, 6) is 0. The second-order valence-electron chi connectivity index (χ2n) is 6.82. The molecule has 2 aromatic rings. The molecule has 1 aliphatic rings. The maximum absolute atomic E-state index is 5.40. The van der Waals surface area contributed by atoms with Crippen LogP contribution in [0.5, 0.6) is 0 Å². The van der Waals surface area contributed by atoms with Gasteiger partial charge in [0.15, 0.2) is 5.11 Å². The molecule has 6 heteroatoms. The quantitative estimate of drug-likeness (QED) is 0.408. The average Bonchev–Trinajstić information content (AvgIpc) is 2.74. The summed E-state index contributed by atoms with van der Waals surface area (Å²) in [5.41, 5.74) is 6.56. The van der Waals surface area contributed by atoms with Gasteiger partial charge in [0.1, 0.15) is 0 Å². The summed E-state index contributed by atoms with van der Waals surface area (Å²) in [5, 5.41) is 8.41. The highest BCUT2D eigenvalue weighted by molar-refractivity contribution is 7.80. The average molecular weight is 397 g/mol. The summed E-state index contributed by atoms with van der Waals surface area (Å²) in [7, 11) is 0. The number of rotatable bonds is 8. The van der Waals surface area contributed by atoms with Crippen LogP contribution in [0.2, 0.25) is 0 Å². The van der Waals surface area contributed by atoms with Gasteiger partial charge in [0.05, 0.1) is 13.2 Å². The van der Waals surface area contributed by atoms with Gasteiger partial charge in [0.2, 0.25) is 0 Å². The van der Waals surface area contributed by atoms with Crippen LogP contribution >= 0.6 is 12.2 Å². The Labute approximate surface area is 172 Å². The van der Waals surface area contributed by atoms with E-state index in [1.165, 1.54) is 11.1 Å². The number of hydrogen-bond donors (Lipinski definition) is 2. The lowest BCUT2D eigenvalue weighted by atomic mass is 10.0. The third-order valence-corrected chi connectivity index (χ3v) is 4.87. The summed E-state index contributed by atoms with van der Waals surface area (Å²) >= 11 is 5.40. The van der Waals surface area contributed by atoms with E-state index in [0.29, 0.717) is 5.11 Å². The first-order valence-corrected chi connectivity index (χ1v) is 10.2. The Morgan fingerprint density at radius 2 is 1.50 bits per heavy atom. The van der Waals surface area contributed by atoms with Crippen LogP contribution in [0, 0.1) is 0 Å². The van der Waals surface area contributed by atoms with Crippen molar-refractivity contribution in [3.05, 3.63) is 71.8 Å². The Kier molecular flexibility index (Phi) is 8.43. The zero-order valence-electron chi connectivity index (χ0n) is 16.1. The van der Waals surface area contributed by atoms with Gasteiger partial charge in [-0.25, -0.2) is 0 Å². The molecule has 0 atom stereocenters. The molecular weight excluding hydrogens is 368 g/mol. The van der Waals surface area contributed by atoms with Crippen molar-refractivity contribution in [1.82, 2.24) is 15.6 Å². The Morgan fingerprint density at radius 3 is 2.07 bits per heavy atom. The van der Waals surface area contributed by atoms with E-state index < -0.39 is 0 Å². The van der Waals surface area contributed by atoms with Crippen molar-refractivity contribution >= 4 is 23.0 Å². The first kappa shape index (κ1) is 20.5. The molecule has 0 bridgehead atoms. The molecule has 0 saturated carbocycles. The number of benzene rings is 2. The van der Waals surface area contributed by atoms with Gasteiger partial charge >= 0.3 is 0 Å². The number of ether oxygens (including phenoxy) is 1. The van der Waals surface area contributed by atoms with E-state index in [9.17, 15) is 0 Å². The van der Waals surface area contributed by atoms with Crippen LogP contribution in [0.25, 0.3) is 0 Å². The Hall–Kier alpha value is -2.28. The molecule has 1 heterocycles. The van der Waals surface area contributed by atoms with Crippen LogP contribution in [-0.2, 0) is 17.6 Å². The minimum Gasteiger partial charge on any atom is -0.379 e. The van der Waals surface area contributed by atoms with Gasteiger partial charge in [-0.05, 0) is 23.3 Å². The van der Waals surface area contributed by atoms with Crippen LogP contribution in [0.1, 0.15) is 11.1 Å². The number of morpholine rings is 1. The molecule has 1 fully saturated rings. The maximum atomic E-state index is 5.40. The molecule has 3 rings (SSSR count). The van der Waals surface area contributed by atoms with Crippen molar-refractivity contribution in [2.75, 3.05) is 39.4 Å². The molecule has 28 heavy (non-hydrogen) atoms. The van der Waals surface area contributed by atoms with Crippen molar-refractivity contribution in [2.24, 2.45) is 5.10 Å². The SMILES string of the molecule is S=C(NCCN1CCOCC1)NN=C(Cc1ccccc1)Cc1ccccc1. The molecule has 0 amide bonds. The van der Waals surface area contributed by atoms with Crippen LogP contribution < -0.4 is 10.7 Å². The third kappa shape index (κ3) is 7.38. The lowest BCUT2D eigenvalue weighted by Crippen LogP contribution is -2.43. The normalized spacial score (nSPS) is 14.3. The molecule has 5 nitrogen and oxygen atoms in total. The molecule has 0 unspecified atom stereocenters. The zero-order chi connectivity index (χ0) is 19.4. The van der Waals surface area contributed by atoms with Gasteiger partial charge in [0, 0.05) is 44.7 Å². The summed E-state index contributed by atoms with van der Waals surface area (Å²) < 4.78 is 5.37. The van der Waals surface area contributed by atoms with E-state index in [1.807, 2.05) is 12.1 Å². The lowest BCUT2D eigenvalue weighted by molar-refractivity contribution is 0.0389. The Morgan fingerprint density at radius 1 is 0.929 bits per heavy atom. The lowest BCUT2D eigenvalue weighted by Gasteiger charge is -2.26. The van der Waals surface area contributed by atoms with E-state index in [2.05, 4.69) is 69.3 Å². The van der Waals surface area contributed by atoms with Crippen LogP contribution in [0.15, 0.2) is 65.8 Å². The molecule has 0 aromatic heterocycles. The minimum atomic E-state index is 0.562. The van der Waals surface area contributed by atoms with Crippen molar-refractivity contribution in [2.45, 2.75) is 12.8 Å². The molecule has 1 saturated heterocycles. The predicted molar refractivity (Wildman–Crippen MR) is 119 cm³/mol. The molecular formula is C22H28N4OS. The van der Waals surface area contributed by atoms with Gasteiger partial charge in [-0.3, -0.25) is 10.3 Å². The highest BCUT2D eigenvalue weighted by Crippen LogP contribution is 2.07. The number of hydrogen-bond acceptors (Lipinski definition) is 4. The van der Waals surface area contributed by atoms with Crippen LogP contribution in [0.3, 0.4) is 0 Å². The van der Waals surface area contributed by atoms with Crippen molar-refractivity contribution in [3.8, 4) is 0 Å². The fourth-order valence-corrected chi connectivity index (χ4v) is 3.27. The molecule has 2 N–H and O–H groups in total. The largest absolute Gasteiger partial charge is 0.379 e. The van der Waals surface area contributed by atoms with E-state index in [0.717, 1.165) is 57.9 Å². The summed E-state index contributed by atoms with van der Waals surface area (Å²) in [4.78, 5) is 2.37.